The molecule has 29 heavy (non-hydrogen) atoms. The van der Waals surface area contributed by atoms with Gasteiger partial charge < -0.3 is 0 Å². The number of fused-ring (bicyclic) bond motifs is 1. The number of alkyl halides is 1. The van der Waals surface area contributed by atoms with Crippen LogP contribution in [0, 0.1) is 0 Å². The van der Waals surface area contributed by atoms with E-state index in [2.05, 4.69) is 6.92 Å². The van der Waals surface area contributed by atoms with Crippen LogP contribution in [0.5, 0.6) is 11.5 Å². The summed E-state index contributed by atoms with van der Waals surface area (Å²) in [7, 11) is 1.63. The third-order valence-electron chi connectivity index (χ3n) is 5.37. The van der Waals surface area contributed by atoms with Crippen LogP contribution in [0.15, 0.2) is 12.1 Å². The first-order chi connectivity index (χ1) is 14.0. The Bertz CT molecular complexity index is 665. The van der Waals surface area contributed by atoms with Gasteiger partial charge in [0.25, 0.3) is 0 Å². The van der Waals surface area contributed by atoms with Crippen molar-refractivity contribution in [2.24, 2.45) is 0 Å². The predicted octanol–water partition coefficient (Wildman–Crippen LogP) is 0.523. The molecular formula is C22H33IO6-2. The predicted molar refractivity (Wildman–Crippen MR) is 104 cm³/mol. The van der Waals surface area contributed by atoms with Crippen molar-refractivity contribution in [2.45, 2.75) is 77.1 Å². The summed E-state index contributed by atoms with van der Waals surface area (Å²) in [5.41, 5.74) is 1.31. The normalized spacial score (nSPS) is 19.4. The molecule has 2 unspecified atom stereocenters. The Labute approximate surface area is 185 Å². The molecule has 0 saturated carbocycles. The molecule has 0 saturated heterocycles. The zero-order chi connectivity index (χ0) is 21.3. The fraction of sp³-hybridized carbons (Fsp3) is 0.682. The molecule has 1 aliphatic heterocycles. The van der Waals surface area contributed by atoms with Crippen molar-refractivity contribution in [1.29, 1.82) is 0 Å². The summed E-state index contributed by atoms with van der Waals surface area (Å²) in [5.74, 6) is 0.585. The third kappa shape index (κ3) is 6.72. The van der Waals surface area contributed by atoms with Crippen LogP contribution in [-0.4, -0.2) is 36.5 Å². The van der Waals surface area contributed by atoms with Crippen LogP contribution in [0.2, 0.25) is 0 Å². The quantitative estimate of drug-likeness (QED) is 0.227. The summed E-state index contributed by atoms with van der Waals surface area (Å²) < 4.78 is 22.9. The van der Waals surface area contributed by atoms with E-state index in [-0.39, 0.29) is 18.0 Å². The number of hydrogen-bond donors (Lipinski definition) is 0. The van der Waals surface area contributed by atoms with Gasteiger partial charge in [-0.15, -0.1) is 0 Å². The summed E-state index contributed by atoms with van der Waals surface area (Å²) in [6.07, 6.45) is 5.11. The van der Waals surface area contributed by atoms with E-state index >= 15 is 0 Å². The van der Waals surface area contributed by atoms with Crippen LogP contribution in [0.25, 0.3) is 0 Å². The Balaban J connectivity index is 2.26. The van der Waals surface area contributed by atoms with Gasteiger partial charge in [0.05, 0.1) is 0 Å². The van der Waals surface area contributed by atoms with Crippen LogP contribution in [0.4, 0.5) is 0 Å². The minimum absolute atomic E-state index is 0.0284. The van der Waals surface area contributed by atoms with Crippen molar-refractivity contribution in [2.75, 3.05) is 18.6 Å². The summed E-state index contributed by atoms with van der Waals surface area (Å²) in [5, 5.41) is 12.5. The van der Waals surface area contributed by atoms with Crippen LogP contribution in [0.3, 0.4) is 0 Å². The van der Waals surface area contributed by atoms with E-state index in [0.717, 1.165) is 36.1 Å². The molecule has 2 rings (SSSR count). The standard InChI is InChI=1S/C22H34IO6/c1-5-7-17-18(24)9-8-16-10-13-22(28-21(16)17,14-11-19(25)29-23-3)15-12-20(26-4)27-6-2/h8-9,20,24H,5-7,10-15H2,1-4H3/q-1/p-1. The maximum atomic E-state index is 12.5. The molecule has 0 bridgehead atoms. The van der Waals surface area contributed by atoms with Crippen LogP contribution in [-0.2, 0) is 30.2 Å². The number of hydrogen-bond acceptors (Lipinski definition) is 6. The van der Waals surface area contributed by atoms with Crippen molar-refractivity contribution in [3.63, 3.8) is 0 Å². The first kappa shape index (κ1) is 24.2. The summed E-state index contributed by atoms with van der Waals surface area (Å²) in [6, 6.07) is 3.53. The van der Waals surface area contributed by atoms with Crippen LogP contribution >= 0.6 is 0 Å². The second kappa shape index (κ2) is 12.0. The molecule has 0 N–H and O–H groups in total. The van der Waals surface area contributed by atoms with E-state index in [0.29, 0.717) is 38.7 Å². The number of methoxy groups -OCH3 is 1. The number of carbonyl (C=O) groups excluding carboxylic acids is 1. The number of halogens is 1. The molecule has 6 nitrogen and oxygen atoms in total. The Morgan fingerprint density at radius 2 is 2.14 bits per heavy atom. The van der Waals surface area contributed by atoms with E-state index in [9.17, 15) is 9.90 Å². The van der Waals surface area contributed by atoms with Crippen molar-refractivity contribution in [1.82, 2.24) is 0 Å². The van der Waals surface area contributed by atoms with Crippen molar-refractivity contribution in [3.8, 4) is 11.5 Å². The van der Waals surface area contributed by atoms with E-state index in [4.69, 9.17) is 17.3 Å². The molecule has 1 aromatic rings. The molecule has 2 atom stereocenters. The Morgan fingerprint density at radius 1 is 1.34 bits per heavy atom. The van der Waals surface area contributed by atoms with Gasteiger partial charge in [-0.1, -0.05) is 0 Å². The zero-order valence-electron chi connectivity index (χ0n) is 17.9. The molecule has 7 heteroatoms. The minimum atomic E-state index is -0.537. The zero-order valence-corrected chi connectivity index (χ0v) is 20.1. The molecule has 0 spiro atoms. The molecule has 0 aromatic heterocycles. The molecule has 166 valence electrons. The van der Waals surface area contributed by atoms with Crippen molar-refractivity contribution >= 4 is 5.97 Å². The van der Waals surface area contributed by atoms with Gasteiger partial charge >= 0.3 is 185 Å². The average molecular weight is 520 g/mol. The van der Waals surface area contributed by atoms with Gasteiger partial charge in [-0.25, -0.2) is 0 Å². The molecule has 0 amide bonds. The van der Waals surface area contributed by atoms with Gasteiger partial charge in [0, 0.05) is 0 Å². The van der Waals surface area contributed by atoms with E-state index in [1.807, 2.05) is 17.9 Å². The first-order valence-electron chi connectivity index (χ1n) is 10.3. The summed E-state index contributed by atoms with van der Waals surface area (Å²) in [4.78, 5) is 14.0. The van der Waals surface area contributed by atoms with E-state index < -0.39 is 27.2 Å². The monoisotopic (exact) mass is 520 g/mol. The molecular weight excluding hydrogens is 487 g/mol. The number of rotatable bonds is 12. The molecule has 0 aliphatic carbocycles. The van der Waals surface area contributed by atoms with E-state index in [1.165, 1.54) is 0 Å². The number of benzene rings is 1. The maximum absolute atomic E-state index is 12.5. The van der Waals surface area contributed by atoms with Crippen LogP contribution < -0.4 is 31.5 Å². The fourth-order valence-corrected chi connectivity index (χ4v) is 4.58. The van der Waals surface area contributed by atoms with E-state index in [1.54, 1.807) is 13.2 Å². The Morgan fingerprint density at radius 3 is 2.79 bits per heavy atom. The second-order valence-electron chi connectivity index (χ2n) is 7.33. The molecule has 1 heterocycles. The summed E-state index contributed by atoms with van der Waals surface area (Å²) >= 11 is -0.537. The average Bonchev–Trinajstić information content (AvgIpc) is 2.72. The molecule has 0 fully saturated rings. The number of aryl methyl sites for hydroxylation is 1. The van der Waals surface area contributed by atoms with Gasteiger partial charge in [0.15, 0.2) is 0 Å². The third-order valence-corrected chi connectivity index (χ3v) is 6.30. The van der Waals surface area contributed by atoms with Crippen molar-refractivity contribution < 1.29 is 48.8 Å². The van der Waals surface area contributed by atoms with Gasteiger partial charge in [-0.3, -0.25) is 0 Å². The molecule has 1 aliphatic rings. The Kier molecular flexibility index (Phi) is 9.98. The SMILES string of the molecule is CCCc1c([O-])ccc2c1OC(CCC(=O)O[I-]C)(CCC(OC)OCC)CC2. The number of ether oxygens (including phenoxy) is 3. The first-order valence-corrected chi connectivity index (χ1v) is 13.4. The topological polar surface area (TPSA) is 77.1 Å². The van der Waals surface area contributed by atoms with Crippen molar-refractivity contribution in [3.05, 3.63) is 23.3 Å². The van der Waals surface area contributed by atoms with Crippen LogP contribution in [0.1, 0.15) is 63.5 Å². The van der Waals surface area contributed by atoms with Gasteiger partial charge in [0.1, 0.15) is 0 Å². The molecule has 1 aromatic carbocycles. The van der Waals surface area contributed by atoms with Gasteiger partial charge in [-0.05, 0) is 0 Å². The molecule has 0 radical (unpaired) electrons. The second-order valence-corrected chi connectivity index (χ2v) is 8.65. The number of carbonyl (C=O) groups is 1. The van der Waals surface area contributed by atoms with Gasteiger partial charge in [-0.2, -0.15) is 0 Å². The van der Waals surface area contributed by atoms with Gasteiger partial charge in [0.2, 0.25) is 0 Å². The fourth-order valence-electron chi connectivity index (χ4n) is 3.87. The summed E-state index contributed by atoms with van der Waals surface area (Å²) in [6.45, 7) is 4.57. The Hall–Kier alpha value is -1.06.